The summed E-state index contributed by atoms with van der Waals surface area (Å²) in [6.45, 7) is 4.87. The van der Waals surface area contributed by atoms with Gasteiger partial charge in [0.05, 0.1) is 13.2 Å². The van der Waals surface area contributed by atoms with Gasteiger partial charge in [0.2, 0.25) is 0 Å². The molecule has 19 heavy (non-hydrogen) atoms. The fourth-order valence-corrected chi connectivity index (χ4v) is 1.22. The quantitative estimate of drug-likeness (QED) is 0.494. The summed E-state index contributed by atoms with van der Waals surface area (Å²) in [5, 5.41) is 0. The van der Waals surface area contributed by atoms with Gasteiger partial charge in [-0.1, -0.05) is 26.7 Å². The van der Waals surface area contributed by atoms with E-state index < -0.39 is 12.0 Å². The fourth-order valence-electron chi connectivity index (χ4n) is 1.22. The van der Waals surface area contributed by atoms with Crippen molar-refractivity contribution in [3.8, 4) is 0 Å². The highest BCUT2D eigenvalue weighted by molar-refractivity contribution is 5.85. The molecule has 0 amide bonds. The van der Waals surface area contributed by atoms with Crippen LogP contribution in [0, 0.1) is 0 Å². The van der Waals surface area contributed by atoms with Gasteiger partial charge in [-0.15, -0.1) is 12.4 Å². The average molecular weight is 296 g/mol. The van der Waals surface area contributed by atoms with E-state index in [0.717, 1.165) is 25.7 Å². The summed E-state index contributed by atoms with van der Waals surface area (Å²) < 4.78 is 9.92. The molecule has 6 heteroatoms. The summed E-state index contributed by atoms with van der Waals surface area (Å²) in [4.78, 5) is 22.7. The molecule has 2 N–H and O–H groups in total. The van der Waals surface area contributed by atoms with Crippen molar-refractivity contribution < 1.29 is 19.1 Å². The first-order chi connectivity index (χ1) is 8.61. The summed E-state index contributed by atoms with van der Waals surface area (Å²) in [6.07, 6.45) is 4.07. The normalized spacial score (nSPS) is 11.3. The standard InChI is InChI=1S/C13H25NO4.ClH/c1-3-5-9-17-12(15)8-7-11(14)13(16)18-10-6-4-2;/h11H,3-10,14H2,1-2H3;1H/t11-;/m1./s1. The molecule has 1 atom stereocenters. The number of halogens is 1. The van der Waals surface area contributed by atoms with Gasteiger partial charge >= 0.3 is 11.9 Å². The molecular formula is C13H26ClNO4. The van der Waals surface area contributed by atoms with Gasteiger partial charge in [0.1, 0.15) is 6.04 Å². The lowest BCUT2D eigenvalue weighted by Crippen LogP contribution is -2.33. The highest BCUT2D eigenvalue weighted by Gasteiger charge is 2.16. The topological polar surface area (TPSA) is 78.6 Å². The van der Waals surface area contributed by atoms with Gasteiger partial charge in [-0.3, -0.25) is 9.59 Å². The van der Waals surface area contributed by atoms with Crippen LogP contribution >= 0.6 is 12.4 Å². The highest BCUT2D eigenvalue weighted by Crippen LogP contribution is 2.01. The Morgan fingerprint density at radius 3 is 2.11 bits per heavy atom. The molecule has 0 rings (SSSR count). The van der Waals surface area contributed by atoms with Crippen LogP contribution in [0.4, 0.5) is 0 Å². The fraction of sp³-hybridized carbons (Fsp3) is 0.846. The molecule has 0 aromatic rings. The second-order valence-electron chi connectivity index (χ2n) is 4.24. The van der Waals surface area contributed by atoms with E-state index in [-0.39, 0.29) is 31.2 Å². The van der Waals surface area contributed by atoms with Crippen LogP contribution in [0.1, 0.15) is 52.4 Å². The molecule has 0 aromatic heterocycles. The minimum absolute atomic E-state index is 0. The van der Waals surface area contributed by atoms with E-state index in [1.165, 1.54) is 0 Å². The van der Waals surface area contributed by atoms with Crippen molar-refractivity contribution in [1.29, 1.82) is 0 Å². The second-order valence-corrected chi connectivity index (χ2v) is 4.24. The first-order valence-electron chi connectivity index (χ1n) is 6.69. The maximum Gasteiger partial charge on any atom is 0.322 e. The summed E-state index contributed by atoms with van der Waals surface area (Å²) in [6, 6.07) is -0.736. The van der Waals surface area contributed by atoms with Crippen LogP contribution in [-0.4, -0.2) is 31.2 Å². The summed E-state index contributed by atoms with van der Waals surface area (Å²) >= 11 is 0. The number of ether oxygens (including phenoxy) is 2. The Bertz CT molecular complexity index is 249. The van der Waals surface area contributed by atoms with Crippen LogP contribution in [0.3, 0.4) is 0 Å². The van der Waals surface area contributed by atoms with Gasteiger partial charge in [-0.25, -0.2) is 0 Å². The van der Waals surface area contributed by atoms with Gasteiger partial charge in [0, 0.05) is 6.42 Å². The molecule has 0 aliphatic heterocycles. The van der Waals surface area contributed by atoms with Crippen molar-refractivity contribution >= 4 is 24.3 Å². The van der Waals surface area contributed by atoms with Gasteiger partial charge in [0.15, 0.2) is 0 Å². The number of unbranched alkanes of at least 4 members (excludes halogenated alkanes) is 2. The third-order valence-electron chi connectivity index (χ3n) is 2.47. The van der Waals surface area contributed by atoms with Crippen LogP contribution < -0.4 is 5.73 Å². The molecule has 0 aromatic carbocycles. The van der Waals surface area contributed by atoms with Crippen molar-refractivity contribution in [2.75, 3.05) is 13.2 Å². The number of rotatable bonds is 10. The lowest BCUT2D eigenvalue weighted by Gasteiger charge is -2.11. The number of carbonyl (C=O) groups is 2. The van der Waals surface area contributed by atoms with Gasteiger partial charge < -0.3 is 15.2 Å². The summed E-state index contributed by atoms with van der Waals surface area (Å²) in [7, 11) is 0. The third kappa shape index (κ3) is 12.0. The molecule has 0 saturated carbocycles. The van der Waals surface area contributed by atoms with Gasteiger partial charge in [-0.2, -0.15) is 0 Å². The van der Waals surface area contributed by atoms with Crippen LogP contribution in [-0.2, 0) is 19.1 Å². The minimum atomic E-state index is -0.736. The Balaban J connectivity index is 0. The highest BCUT2D eigenvalue weighted by atomic mass is 35.5. The maximum atomic E-state index is 11.4. The first kappa shape index (κ1) is 20.5. The van der Waals surface area contributed by atoms with Crippen molar-refractivity contribution in [1.82, 2.24) is 0 Å². The average Bonchev–Trinajstić information content (AvgIpc) is 2.36. The molecule has 5 nitrogen and oxygen atoms in total. The van der Waals surface area contributed by atoms with E-state index in [0.29, 0.717) is 13.2 Å². The molecule has 0 saturated heterocycles. The Morgan fingerprint density at radius 2 is 1.58 bits per heavy atom. The Morgan fingerprint density at radius 1 is 1.05 bits per heavy atom. The minimum Gasteiger partial charge on any atom is -0.466 e. The molecule has 0 radical (unpaired) electrons. The number of carbonyl (C=O) groups excluding carboxylic acids is 2. The maximum absolute atomic E-state index is 11.4. The van der Waals surface area contributed by atoms with Crippen LogP contribution in [0.2, 0.25) is 0 Å². The van der Waals surface area contributed by atoms with Gasteiger partial charge in [-0.05, 0) is 19.3 Å². The number of hydrogen-bond donors (Lipinski definition) is 1. The van der Waals surface area contributed by atoms with Gasteiger partial charge in [0.25, 0.3) is 0 Å². The summed E-state index contributed by atoms with van der Waals surface area (Å²) in [5.41, 5.74) is 5.62. The number of hydrogen-bond acceptors (Lipinski definition) is 5. The zero-order chi connectivity index (χ0) is 13.8. The molecule has 0 fully saturated rings. The Kier molecular flexibility index (Phi) is 14.7. The van der Waals surface area contributed by atoms with E-state index in [9.17, 15) is 9.59 Å². The van der Waals surface area contributed by atoms with E-state index in [4.69, 9.17) is 15.2 Å². The first-order valence-corrected chi connectivity index (χ1v) is 6.69. The zero-order valence-corrected chi connectivity index (χ0v) is 12.7. The monoisotopic (exact) mass is 295 g/mol. The lowest BCUT2D eigenvalue weighted by atomic mass is 10.2. The van der Waals surface area contributed by atoms with Crippen molar-refractivity contribution in [2.24, 2.45) is 5.73 Å². The number of nitrogens with two attached hydrogens (primary N) is 1. The van der Waals surface area contributed by atoms with Crippen molar-refractivity contribution in [3.05, 3.63) is 0 Å². The molecule has 0 aliphatic rings. The SMILES string of the molecule is CCCCOC(=O)CC[C@@H](N)C(=O)OCCCC.Cl. The molecular weight excluding hydrogens is 270 g/mol. The molecule has 0 aliphatic carbocycles. The molecule has 0 heterocycles. The zero-order valence-electron chi connectivity index (χ0n) is 11.9. The molecule has 0 bridgehead atoms. The predicted molar refractivity (Wildman–Crippen MR) is 76.2 cm³/mol. The Labute approximate surface area is 121 Å². The van der Waals surface area contributed by atoms with Crippen molar-refractivity contribution in [3.63, 3.8) is 0 Å². The van der Waals surface area contributed by atoms with Crippen molar-refractivity contribution in [2.45, 2.75) is 58.4 Å². The second kappa shape index (κ2) is 13.6. The molecule has 0 spiro atoms. The Hall–Kier alpha value is -0.810. The summed E-state index contributed by atoms with van der Waals surface area (Å²) in [5.74, 6) is -0.745. The van der Waals surface area contributed by atoms with Crippen LogP contribution in [0.25, 0.3) is 0 Å². The smallest absolute Gasteiger partial charge is 0.322 e. The van der Waals surface area contributed by atoms with E-state index >= 15 is 0 Å². The third-order valence-corrected chi connectivity index (χ3v) is 2.47. The van der Waals surface area contributed by atoms with Crippen LogP contribution in [0.15, 0.2) is 0 Å². The molecule has 114 valence electrons. The molecule has 0 unspecified atom stereocenters. The number of esters is 2. The van der Waals surface area contributed by atoms with E-state index in [2.05, 4.69) is 0 Å². The predicted octanol–water partition coefficient (Wildman–Crippen LogP) is 2.20. The van der Waals surface area contributed by atoms with E-state index in [1.54, 1.807) is 0 Å². The largest absolute Gasteiger partial charge is 0.466 e. The lowest BCUT2D eigenvalue weighted by molar-refractivity contribution is -0.146. The van der Waals surface area contributed by atoms with Crippen LogP contribution in [0.5, 0.6) is 0 Å². The van der Waals surface area contributed by atoms with E-state index in [1.807, 2.05) is 13.8 Å².